The minimum Gasteiger partial charge on any atom is -0.372 e. The number of hydrogen-bond donors (Lipinski definition) is 0. The van der Waals surface area contributed by atoms with E-state index in [2.05, 4.69) is 111 Å². The highest BCUT2D eigenvalue weighted by Gasteiger charge is 2.57. The van der Waals surface area contributed by atoms with Gasteiger partial charge < -0.3 is 9.13 Å². The average Bonchev–Trinajstić information content (AvgIpc) is 2.69. The highest BCUT2D eigenvalue weighted by molar-refractivity contribution is 14.1. The predicted octanol–water partition coefficient (Wildman–Crippen LogP) is 4.32. The van der Waals surface area contributed by atoms with Crippen molar-refractivity contribution in [3.8, 4) is 0 Å². The summed E-state index contributed by atoms with van der Waals surface area (Å²) in [4.78, 5) is 2.61. The maximum absolute atomic E-state index is 2.81. The van der Waals surface area contributed by atoms with Crippen molar-refractivity contribution in [1.82, 2.24) is 14.0 Å². The van der Waals surface area contributed by atoms with Crippen molar-refractivity contribution in [2.45, 2.75) is 79.1 Å². The van der Waals surface area contributed by atoms with Crippen LogP contribution in [0.15, 0.2) is 12.4 Å². The molecule has 1 aliphatic rings. The summed E-state index contributed by atoms with van der Waals surface area (Å²) in [5.74, 6) is -1.87. The summed E-state index contributed by atoms with van der Waals surface area (Å²) in [6.07, 6.45) is 4.67. The van der Waals surface area contributed by atoms with Crippen LogP contribution in [-0.4, -0.2) is 49.8 Å². The van der Waals surface area contributed by atoms with Gasteiger partial charge in [0.25, 0.3) is 0 Å². The van der Waals surface area contributed by atoms with Crippen molar-refractivity contribution in [3.63, 3.8) is 0 Å². The van der Waals surface area contributed by atoms with Crippen molar-refractivity contribution >= 4 is 27.7 Å². The fraction of sp³-hybridized carbons (Fsp3) is 0.875. The van der Waals surface area contributed by atoms with Crippen LogP contribution >= 0.6 is 21.8 Å². The van der Waals surface area contributed by atoms with Crippen molar-refractivity contribution < 1.29 is 0 Å². The van der Waals surface area contributed by atoms with E-state index in [1.165, 1.54) is 0 Å². The quantitative estimate of drug-likeness (QED) is 0.379. The van der Waals surface area contributed by atoms with Gasteiger partial charge in [-0.1, -0.05) is 35.6 Å². The third kappa shape index (κ3) is 3.60. The monoisotopic (exact) mass is 423 g/mol. The van der Waals surface area contributed by atoms with Gasteiger partial charge in [-0.2, -0.15) is 0 Å². The minimum absolute atomic E-state index is 0.158. The first-order valence-corrected chi connectivity index (χ1v) is 13.2. The predicted molar refractivity (Wildman–Crippen MR) is 104 cm³/mol. The molecular formula is C16H34IN3Si. The van der Waals surface area contributed by atoms with Crippen molar-refractivity contribution in [2.24, 2.45) is 0 Å². The van der Waals surface area contributed by atoms with Crippen LogP contribution in [-0.2, 0) is 0 Å². The van der Waals surface area contributed by atoms with Gasteiger partial charge in [-0.25, -0.2) is 0 Å². The van der Waals surface area contributed by atoms with E-state index >= 15 is 0 Å². The Kier molecular flexibility index (Phi) is 5.88. The fourth-order valence-corrected chi connectivity index (χ4v) is 14.0. The first-order valence-electron chi connectivity index (χ1n) is 8.10. The summed E-state index contributed by atoms with van der Waals surface area (Å²) in [5, 5.41) is 0. The highest BCUT2D eigenvalue weighted by atomic mass is 127. The lowest BCUT2D eigenvalue weighted by Gasteiger charge is -2.54. The zero-order chi connectivity index (χ0) is 16.6. The Morgan fingerprint density at radius 3 is 1.52 bits per heavy atom. The molecule has 0 N–H and O–H groups in total. The lowest BCUT2D eigenvalue weighted by molar-refractivity contribution is 0.220. The lowest BCUT2D eigenvalue weighted by atomic mass is 10.1. The Morgan fingerprint density at radius 1 is 0.952 bits per heavy atom. The number of halogens is 1. The van der Waals surface area contributed by atoms with E-state index in [4.69, 9.17) is 0 Å². The van der Waals surface area contributed by atoms with Crippen LogP contribution in [0.4, 0.5) is 0 Å². The van der Waals surface area contributed by atoms with Gasteiger partial charge in [0.1, 0.15) is 0 Å². The Labute approximate surface area is 146 Å². The third-order valence-electron chi connectivity index (χ3n) is 4.38. The molecule has 0 bridgehead atoms. The van der Waals surface area contributed by atoms with Gasteiger partial charge >= 0.3 is 5.89 Å². The van der Waals surface area contributed by atoms with Gasteiger partial charge in [0.05, 0.1) is 0 Å². The molecule has 5 heteroatoms. The molecule has 0 fully saturated rings. The van der Waals surface area contributed by atoms with E-state index in [0.29, 0.717) is 5.67 Å². The molecule has 0 aromatic carbocycles. The minimum atomic E-state index is -1.87. The van der Waals surface area contributed by atoms with Crippen LogP contribution in [0.5, 0.6) is 0 Å². The fourth-order valence-electron chi connectivity index (χ4n) is 3.25. The second-order valence-corrected chi connectivity index (χ2v) is 15.7. The topological polar surface area (TPSA) is 9.72 Å². The van der Waals surface area contributed by atoms with Crippen LogP contribution in [0.3, 0.4) is 0 Å². The molecule has 1 rings (SSSR count). The Balaban J connectivity index is 3.31. The van der Waals surface area contributed by atoms with E-state index in [1.807, 2.05) is 0 Å². The normalized spacial score (nSPS) is 20.5. The van der Waals surface area contributed by atoms with Gasteiger partial charge in [-0.15, -0.1) is 0 Å². The molecule has 3 nitrogen and oxygen atoms in total. The summed E-state index contributed by atoms with van der Waals surface area (Å²) < 4.78 is 5.32. The first kappa shape index (κ1) is 19.3. The largest absolute Gasteiger partial charge is 0.372 e. The zero-order valence-corrected chi connectivity index (χ0v) is 18.5. The van der Waals surface area contributed by atoms with E-state index in [-0.39, 0.29) is 11.1 Å². The molecular weight excluding hydrogens is 389 g/mol. The third-order valence-corrected chi connectivity index (χ3v) is 14.6. The zero-order valence-electron chi connectivity index (χ0n) is 15.4. The van der Waals surface area contributed by atoms with Gasteiger partial charge in [-0.05, 0) is 61.6 Å². The smallest absolute Gasteiger partial charge is 0.350 e. The molecule has 0 saturated heterocycles. The van der Waals surface area contributed by atoms with E-state index in [0.717, 1.165) is 13.1 Å². The molecule has 0 radical (unpaired) electrons. The van der Waals surface area contributed by atoms with E-state index in [9.17, 15) is 0 Å². The molecule has 1 atom stereocenters. The molecule has 0 aromatic heterocycles. The van der Waals surface area contributed by atoms with Gasteiger partial charge in [0.15, 0.2) is 0 Å². The Hall–Kier alpha value is 0.247. The first-order chi connectivity index (χ1) is 9.40. The van der Waals surface area contributed by atoms with Gasteiger partial charge in [0.2, 0.25) is 0 Å². The van der Waals surface area contributed by atoms with E-state index in [1.54, 1.807) is 0 Å². The molecule has 0 saturated carbocycles. The summed E-state index contributed by atoms with van der Waals surface area (Å²) >= 11 is 2.81. The molecule has 1 heterocycles. The Morgan fingerprint density at radius 2 is 1.29 bits per heavy atom. The molecule has 0 amide bonds. The molecule has 0 aliphatic carbocycles. The second-order valence-electron chi connectivity index (χ2n) is 7.91. The highest BCUT2D eigenvalue weighted by Crippen LogP contribution is 2.42. The van der Waals surface area contributed by atoms with Crippen molar-refractivity contribution in [2.75, 3.05) is 13.1 Å². The SMILES string of the molecule is CCN(CC)C(C)[Si]1(I)N(C(C)(C)C)C=CN1C(C)(C)C. The molecule has 0 spiro atoms. The molecule has 1 aliphatic heterocycles. The van der Waals surface area contributed by atoms with Gasteiger partial charge in [-0.3, -0.25) is 4.90 Å². The second kappa shape index (κ2) is 6.39. The number of rotatable bonds is 4. The van der Waals surface area contributed by atoms with E-state index < -0.39 is 5.89 Å². The number of nitrogens with zero attached hydrogens (tertiary/aromatic N) is 3. The van der Waals surface area contributed by atoms with Crippen molar-refractivity contribution in [3.05, 3.63) is 12.4 Å². The van der Waals surface area contributed by atoms with Crippen LogP contribution in [0, 0.1) is 0 Å². The van der Waals surface area contributed by atoms with Gasteiger partial charge in [0, 0.05) is 29.1 Å². The van der Waals surface area contributed by atoms with Crippen molar-refractivity contribution in [1.29, 1.82) is 0 Å². The number of hydrogen-bond acceptors (Lipinski definition) is 3. The standard InChI is InChI=1S/C16H34IN3Si/c1-10-18(11-2)14(3)21(17)19(15(4,5)6)12-13-20(21)16(7,8)9/h12-14H,10-11H2,1-9H3. The van der Waals surface area contributed by atoms with Crippen LogP contribution < -0.4 is 0 Å². The molecule has 1 unspecified atom stereocenters. The maximum Gasteiger partial charge on any atom is 0.350 e. The lowest BCUT2D eigenvalue weighted by Crippen LogP contribution is -2.72. The summed E-state index contributed by atoms with van der Waals surface area (Å²) in [6, 6.07) is 0. The van der Waals surface area contributed by atoms with Crippen LogP contribution in [0.1, 0.15) is 62.3 Å². The molecule has 124 valence electrons. The summed E-state index contributed by atoms with van der Waals surface area (Å²) in [5.41, 5.74) is 0.887. The summed E-state index contributed by atoms with van der Waals surface area (Å²) in [6.45, 7) is 23.2. The van der Waals surface area contributed by atoms with Crippen LogP contribution in [0.2, 0.25) is 0 Å². The van der Waals surface area contributed by atoms with Crippen LogP contribution in [0.25, 0.3) is 0 Å². The molecule has 0 aromatic rings. The summed E-state index contributed by atoms with van der Waals surface area (Å²) in [7, 11) is 0. The average molecular weight is 423 g/mol. The molecule has 21 heavy (non-hydrogen) atoms. The Bertz CT molecular complexity index is 356. The maximum atomic E-state index is 2.81.